The number of nitrogens with zero attached hydrogens (tertiary/aromatic N) is 2. The maximum absolute atomic E-state index is 13.4. The first-order valence-electron chi connectivity index (χ1n) is 11.2. The zero-order valence-electron chi connectivity index (χ0n) is 19.0. The number of thiophene rings is 1. The molecule has 0 saturated heterocycles. The number of benzene rings is 1. The van der Waals surface area contributed by atoms with Crippen LogP contribution in [0.5, 0.6) is 11.5 Å². The summed E-state index contributed by atoms with van der Waals surface area (Å²) in [6.07, 6.45) is 3.82. The van der Waals surface area contributed by atoms with Gasteiger partial charge >= 0.3 is 0 Å². The molecule has 0 fully saturated rings. The molecule has 1 aromatic carbocycles. The molecular formula is C25H34N2O4S. The van der Waals surface area contributed by atoms with E-state index < -0.39 is 6.10 Å². The van der Waals surface area contributed by atoms with Crippen LogP contribution in [-0.4, -0.2) is 66.8 Å². The lowest BCUT2D eigenvalue weighted by atomic mass is 10.0. The summed E-state index contributed by atoms with van der Waals surface area (Å²) in [7, 11) is 1.62. The number of rotatable bonds is 12. The van der Waals surface area contributed by atoms with E-state index in [0.717, 1.165) is 24.8 Å². The SMILES string of the molecule is C=CCN(CC(=O)N1CCc2sccc2C1COc1ccccc1OC)CC(O)CCC. The molecule has 1 amide bonds. The summed E-state index contributed by atoms with van der Waals surface area (Å²) in [6.45, 7) is 8.15. The van der Waals surface area contributed by atoms with E-state index in [9.17, 15) is 9.90 Å². The number of hydrogen-bond acceptors (Lipinski definition) is 6. The molecule has 7 heteroatoms. The number of carbonyl (C=O) groups is 1. The molecule has 2 heterocycles. The summed E-state index contributed by atoms with van der Waals surface area (Å²) in [6, 6.07) is 9.50. The Kier molecular flexibility index (Phi) is 9.14. The first-order valence-corrected chi connectivity index (χ1v) is 12.1. The minimum Gasteiger partial charge on any atom is -0.493 e. The monoisotopic (exact) mass is 458 g/mol. The first kappa shape index (κ1) is 24.3. The second-order valence-electron chi connectivity index (χ2n) is 8.04. The van der Waals surface area contributed by atoms with Gasteiger partial charge in [0.1, 0.15) is 6.61 Å². The minimum absolute atomic E-state index is 0.0426. The van der Waals surface area contributed by atoms with Crippen molar-refractivity contribution in [2.24, 2.45) is 0 Å². The second-order valence-corrected chi connectivity index (χ2v) is 9.04. The molecule has 2 atom stereocenters. The number of carbonyl (C=O) groups excluding carboxylic acids is 1. The number of para-hydroxylation sites is 2. The number of aliphatic hydroxyl groups is 1. The van der Waals surface area contributed by atoms with Gasteiger partial charge in [0.05, 0.1) is 25.8 Å². The molecule has 0 spiro atoms. The summed E-state index contributed by atoms with van der Waals surface area (Å²) in [5, 5.41) is 12.3. The van der Waals surface area contributed by atoms with Crippen molar-refractivity contribution < 1.29 is 19.4 Å². The van der Waals surface area contributed by atoms with Crippen LogP contribution in [0, 0.1) is 0 Å². The predicted octanol–water partition coefficient (Wildman–Crippen LogP) is 3.91. The summed E-state index contributed by atoms with van der Waals surface area (Å²) in [5.74, 6) is 1.38. The van der Waals surface area contributed by atoms with Crippen LogP contribution in [0.15, 0.2) is 48.4 Å². The lowest BCUT2D eigenvalue weighted by molar-refractivity contribution is -0.136. The van der Waals surface area contributed by atoms with Gasteiger partial charge in [0.15, 0.2) is 11.5 Å². The van der Waals surface area contributed by atoms with Crippen LogP contribution < -0.4 is 9.47 Å². The molecule has 2 aromatic rings. The molecule has 1 aromatic heterocycles. The van der Waals surface area contributed by atoms with Crippen molar-refractivity contribution in [3.63, 3.8) is 0 Å². The van der Waals surface area contributed by atoms with Crippen LogP contribution in [0.3, 0.4) is 0 Å². The molecule has 0 saturated carbocycles. The number of aliphatic hydroxyl groups excluding tert-OH is 1. The highest BCUT2D eigenvalue weighted by atomic mass is 32.1. The second kappa shape index (κ2) is 12.0. The van der Waals surface area contributed by atoms with Crippen LogP contribution >= 0.6 is 11.3 Å². The van der Waals surface area contributed by atoms with Gasteiger partial charge in [0.2, 0.25) is 5.91 Å². The van der Waals surface area contributed by atoms with Crippen LogP contribution in [-0.2, 0) is 11.2 Å². The molecule has 6 nitrogen and oxygen atoms in total. The van der Waals surface area contributed by atoms with Crippen LogP contribution in [0.1, 0.15) is 36.2 Å². The number of hydrogen-bond donors (Lipinski definition) is 1. The first-order chi connectivity index (χ1) is 15.6. The van der Waals surface area contributed by atoms with Crippen molar-refractivity contribution in [1.82, 2.24) is 9.80 Å². The topological polar surface area (TPSA) is 62.2 Å². The number of fused-ring (bicyclic) bond motifs is 1. The quantitative estimate of drug-likeness (QED) is 0.489. The molecule has 0 aliphatic carbocycles. The zero-order chi connectivity index (χ0) is 22.9. The highest BCUT2D eigenvalue weighted by molar-refractivity contribution is 7.10. The van der Waals surface area contributed by atoms with E-state index in [-0.39, 0.29) is 18.5 Å². The van der Waals surface area contributed by atoms with E-state index in [0.29, 0.717) is 37.7 Å². The van der Waals surface area contributed by atoms with Crippen LogP contribution in [0.4, 0.5) is 0 Å². The van der Waals surface area contributed by atoms with Gasteiger partial charge in [0.25, 0.3) is 0 Å². The lowest BCUT2D eigenvalue weighted by Crippen LogP contribution is -2.47. The molecule has 1 aliphatic heterocycles. The van der Waals surface area contributed by atoms with Crippen molar-refractivity contribution in [1.29, 1.82) is 0 Å². The third-order valence-electron chi connectivity index (χ3n) is 5.72. The van der Waals surface area contributed by atoms with Gasteiger partial charge in [-0.1, -0.05) is 31.6 Å². The normalized spacial score (nSPS) is 16.5. The van der Waals surface area contributed by atoms with Crippen molar-refractivity contribution in [3.05, 3.63) is 58.8 Å². The predicted molar refractivity (Wildman–Crippen MR) is 129 cm³/mol. The highest BCUT2D eigenvalue weighted by Crippen LogP contribution is 2.35. The number of methoxy groups -OCH3 is 1. The maximum Gasteiger partial charge on any atom is 0.237 e. The third kappa shape index (κ3) is 6.12. The Hall–Kier alpha value is -2.35. The third-order valence-corrected chi connectivity index (χ3v) is 6.71. The van der Waals surface area contributed by atoms with Crippen molar-refractivity contribution in [3.8, 4) is 11.5 Å². The molecule has 174 valence electrons. The minimum atomic E-state index is -0.442. The fourth-order valence-electron chi connectivity index (χ4n) is 4.17. The summed E-state index contributed by atoms with van der Waals surface area (Å²) in [4.78, 5) is 18.6. The molecule has 1 N–H and O–H groups in total. The lowest BCUT2D eigenvalue weighted by Gasteiger charge is -2.37. The van der Waals surface area contributed by atoms with E-state index in [1.54, 1.807) is 24.5 Å². The van der Waals surface area contributed by atoms with Crippen molar-refractivity contribution >= 4 is 17.2 Å². The molecule has 0 bridgehead atoms. The Labute approximate surface area is 195 Å². The standard InChI is InChI=1S/C25H34N2O4S/c1-4-8-19(28)16-26(13-5-2)17-25(29)27-14-11-24-20(12-15-32-24)21(27)18-31-23-10-7-6-9-22(23)30-3/h5-7,9-10,12,15,19,21,28H,2,4,8,11,13-14,16-18H2,1,3H3. The molecule has 3 rings (SSSR count). The average Bonchev–Trinajstić information content (AvgIpc) is 3.27. The molecular weight excluding hydrogens is 424 g/mol. The Morgan fingerprint density at radius 1 is 1.38 bits per heavy atom. The van der Waals surface area contributed by atoms with E-state index in [4.69, 9.17) is 9.47 Å². The Bertz CT molecular complexity index is 884. The van der Waals surface area contributed by atoms with E-state index in [1.807, 2.05) is 41.0 Å². The van der Waals surface area contributed by atoms with Gasteiger partial charge in [-0.2, -0.15) is 0 Å². The summed E-state index contributed by atoms with van der Waals surface area (Å²) in [5.41, 5.74) is 1.16. The largest absolute Gasteiger partial charge is 0.493 e. The van der Waals surface area contributed by atoms with Gasteiger partial charge in [-0.3, -0.25) is 9.69 Å². The van der Waals surface area contributed by atoms with Crippen molar-refractivity contribution in [2.75, 3.05) is 39.9 Å². The fourth-order valence-corrected chi connectivity index (χ4v) is 5.10. The Morgan fingerprint density at radius 2 is 2.16 bits per heavy atom. The fraction of sp³-hybridized carbons (Fsp3) is 0.480. The number of amides is 1. The van der Waals surface area contributed by atoms with Gasteiger partial charge < -0.3 is 19.5 Å². The average molecular weight is 459 g/mol. The highest BCUT2D eigenvalue weighted by Gasteiger charge is 2.33. The summed E-state index contributed by atoms with van der Waals surface area (Å²) >= 11 is 1.73. The number of ether oxygens (including phenoxy) is 2. The maximum atomic E-state index is 13.4. The van der Waals surface area contributed by atoms with Gasteiger partial charge in [-0.05, 0) is 42.0 Å². The van der Waals surface area contributed by atoms with E-state index >= 15 is 0 Å². The Balaban J connectivity index is 1.74. The molecule has 2 unspecified atom stereocenters. The Morgan fingerprint density at radius 3 is 2.88 bits per heavy atom. The molecule has 1 aliphatic rings. The van der Waals surface area contributed by atoms with E-state index in [1.165, 1.54) is 4.88 Å². The van der Waals surface area contributed by atoms with Gasteiger partial charge in [-0.15, -0.1) is 17.9 Å². The smallest absolute Gasteiger partial charge is 0.237 e. The van der Waals surface area contributed by atoms with E-state index in [2.05, 4.69) is 18.0 Å². The van der Waals surface area contributed by atoms with Crippen LogP contribution in [0.25, 0.3) is 0 Å². The molecule has 0 radical (unpaired) electrons. The summed E-state index contributed by atoms with van der Waals surface area (Å²) < 4.78 is 11.5. The zero-order valence-corrected chi connectivity index (χ0v) is 19.9. The van der Waals surface area contributed by atoms with Gasteiger partial charge in [0, 0.05) is 24.5 Å². The van der Waals surface area contributed by atoms with Gasteiger partial charge in [-0.25, -0.2) is 0 Å². The van der Waals surface area contributed by atoms with Crippen molar-refractivity contribution in [2.45, 2.75) is 38.3 Å². The van der Waals surface area contributed by atoms with Crippen LogP contribution in [0.2, 0.25) is 0 Å². The molecule has 32 heavy (non-hydrogen) atoms.